The molecule has 1 N–H and O–H groups in total. The standard InChI is InChI=1S/C11H14O2S/c1-2-13-10-7-3-5-9(11(10)12)6-4-8-14/h3-7,12,14H,2,8H2,1H3. The van der Waals surface area contributed by atoms with Gasteiger partial charge in [0.1, 0.15) is 0 Å². The molecular formula is C11H14O2S. The van der Waals surface area contributed by atoms with Crippen LogP contribution in [-0.2, 0) is 0 Å². The molecule has 0 bridgehead atoms. The summed E-state index contributed by atoms with van der Waals surface area (Å²) in [6, 6.07) is 5.43. The number of benzene rings is 1. The Balaban J connectivity index is 2.95. The summed E-state index contributed by atoms with van der Waals surface area (Å²) in [5.74, 6) is 1.36. The fraction of sp³-hybridized carbons (Fsp3) is 0.273. The molecule has 0 unspecified atom stereocenters. The first-order chi connectivity index (χ1) is 6.79. The van der Waals surface area contributed by atoms with Crippen LogP contribution in [-0.4, -0.2) is 17.5 Å². The van der Waals surface area contributed by atoms with E-state index in [9.17, 15) is 5.11 Å². The summed E-state index contributed by atoms with van der Waals surface area (Å²) in [6.07, 6.45) is 3.69. The Morgan fingerprint density at radius 3 is 2.93 bits per heavy atom. The van der Waals surface area contributed by atoms with E-state index < -0.39 is 0 Å². The molecule has 0 saturated heterocycles. The molecule has 3 heteroatoms. The molecular weight excluding hydrogens is 196 g/mol. The number of aromatic hydroxyl groups is 1. The SMILES string of the molecule is CCOc1cccc(C=CCS)c1O. The lowest BCUT2D eigenvalue weighted by atomic mass is 10.2. The van der Waals surface area contributed by atoms with Crippen LogP contribution in [0.2, 0.25) is 0 Å². The molecule has 0 spiro atoms. The Morgan fingerprint density at radius 2 is 2.29 bits per heavy atom. The fourth-order valence-electron chi connectivity index (χ4n) is 1.13. The third-order valence-electron chi connectivity index (χ3n) is 1.73. The smallest absolute Gasteiger partial charge is 0.165 e. The van der Waals surface area contributed by atoms with Gasteiger partial charge in [0.2, 0.25) is 0 Å². The largest absolute Gasteiger partial charge is 0.504 e. The quantitative estimate of drug-likeness (QED) is 0.748. The van der Waals surface area contributed by atoms with E-state index in [-0.39, 0.29) is 5.75 Å². The summed E-state index contributed by atoms with van der Waals surface area (Å²) in [5, 5.41) is 9.75. The van der Waals surface area contributed by atoms with Crippen molar-refractivity contribution in [3.8, 4) is 11.5 Å². The average Bonchev–Trinajstić information content (AvgIpc) is 2.20. The first-order valence-electron chi connectivity index (χ1n) is 4.51. The first kappa shape index (κ1) is 11.0. The van der Waals surface area contributed by atoms with Crippen LogP contribution in [0, 0.1) is 0 Å². The van der Waals surface area contributed by atoms with E-state index in [1.54, 1.807) is 6.07 Å². The second-order valence-corrected chi connectivity index (χ2v) is 3.08. The highest BCUT2D eigenvalue weighted by Crippen LogP contribution is 2.30. The molecule has 0 aliphatic carbocycles. The number of para-hydroxylation sites is 1. The molecule has 0 aliphatic rings. The van der Waals surface area contributed by atoms with Gasteiger partial charge in [0.15, 0.2) is 11.5 Å². The molecule has 0 fully saturated rings. The summed E-state index contributed by atoms with van der Waals surface area (Å²) in [7, 11) is 0. The molecule has 2 nitrogen and oxygen atoms in total. The van der Waals surface area contributed by atoms with Gasteiger partial charge in [0.25, 0.3) is 0 Å². The molecule has 0 heterocycles. The van der Waals surface area contributed by atoms with Crippen LogP contribution in [0.3, 0.4) is 0 Å². The van der Waals surface area contributed by atoms with E-state index in [1.807, 2.05) is 31.2 Å². The van der Waals surface area contributed by atoms with E-state index in [4.69, 9.17) is 4.74 Å². The van der Waals surface area contributed by atoms with Gasteiger partial charge in [0, 0.05) is 11.3 Å². The minimum atomic E-state index is 0.187. The molecule has 1 aromatic carbocycles. The summed E-state index contributed by atoms with van der Waals surface area (Å²) >= 11 is 4.05. The van der Waals surface area contributed by atoms with Crippen LogP contribution in [0.15, 0.2) is 24.3 Å². The van der Waals surface area contributed by atoms with Crippen molar-refractivity contribution in [3.05, 3.63) is 29.8 Å². The Hall–Kier alpha value is -1.09. The van der Waals surface area contributed by atoms with Crippen LogP contribution in [0.4, 0.5) is 0 Å². The zero-order valence-corrected chi connectivity index (χ0v) is 9.00. The van der Waals surface area contributed by atoms with Crippen molar-refractivity contribution >= 4 is 18.7 Å². The normalized spacial score (nSPS) is 10.7. The van der Waals surface area contributed by atoms with Crippen LogP contribution in [0.1, 0.15) is 12.5 Å². The van der Waals surface area contributed by atoms with Crippen LogP contribution in [0.5, 0.6) is 11.5 Å². The van der Waals surface area contributed by atoms with Crippen molar-refractivity contribution in [2.45, 2.75) is 6.92 Å². The van der Waals surface area contributed by atoms with Gasteiger partial charge in [0.05, 0.1) is 6.61 Å². The van der Waals surface area contributed by atoms with E-state index in [2.05, 4.69) is 12.6 Å². The van der Waals surface area contributed by atoms with E-state index in [0.717, 1.165) is 5.56 Å². The predicted molar refractivity (Wildman–Crippen MR) is 62.2 cm³/mol. The summed E-state index contributed by atoms with van der Waals surface area (Å²) < 4.78 is 5.25. The minimum Gasteiger partial charge on any atom is -0.504 e. The molecule has 0 amide bonds. The highest BCUT2D eigenvalue weighted by atomic mass is 32.1. The summed E-state index contributed by atoms with van der Waals surface area (Å²) in [6.45, 7) is 2.43. The lowest BCUT2D eigenvalue weighted by molar-refractivity contribution is 0.318. The monoisotopic (exact) mass is 210 g/mol. The number of ether oxygens (including phenoxy) is 1. The highest BCUT2D eigenvalue weighted by Gasteiger charge is 2.04. The van der Waals surface area contributed by atoms with Gasteiger partial charge in [-0.15, -0.1) is 0 Å². The lowest BCUT2D eigenvalue weighted by Crippen LogP contribution is -1.92. The molecule has 1 aromatic rings. The molecule has 1 rings (SSSR count). The van der Waals surface area contributed by atoms with E-state index in [1.165, 1.54) is 0 Å². The van der Waals surface area contributed by atoms with Crippen molar-refractivity contribution in [1.29, 1.82) is 0 Å². The molecule has 76 valence electrons. The summed E-state index contributed by atoms with van der Waals surface area (Å²) in [4.78, 5) is 0. The van der Waals surface area contributed by atoms with Crippen molar-refractivity contribution in [3.63, 3.8) is 0 Å². The number of phenols is 1. The lowest BCUT2D eigenvalue weighted by Gasteiger charge is -2.07. The Morgan fingerprint density at radius 1 is 1.50 bits per heavy atom. The third kappa shape index (κ3) is 2.70. The van der Waals surface area contributed by atoms with Crippen LogP contribution < -0.4 is 4.74 Å². The Bertz CT molecular complexity index is 321. The van der Waals surface area contributed by atoms with Gasteiger partial charge in [-0.3, -0.25) is 0 Å². The van der Waals surface area contributed by atoms with Crippen molar-refractivity contribution in [1.82, 2.24) is 0 Å². The molecule has 0 radical (unpaired) electrons. The van der Waals surface area contributed by atoms with Gasteiger partial charge >= 0.3 is 0 Å². The second-order valence-electron chi connectivity index (χ2n) is 2.71. The molecule has 0 aliphatic heterocycles. The van der Waals surface area contributed by atoms with E-state index >= 15 is 0 Å². The fourth-order valence-corrected chi connectivity index (χ4v) is 1.23. The molecule has 0 saturated carbocycles. The second kappa shape index (κ2) is 5.60. The van der Waals surface area contributed by atoms with Gasteiger partial charge in [-0.1, -0.05) is 24.3 Å². The Labute approximate surface area is 89.6 Å². The minimum absolute atomic E-state index is 0.187. The number of phenolic OH excluding ortho intramolecular Hbond substituents is 1. The zero-order valence-electron chi connectivity index (χ0n) is 8.10. The number of thiol groups is 1. The average molecular weight is 210 g/mol. The van der Waals surface area contributed by atoms with Crippen molar-refractivity contribution < 1.29 is 9.84 Å². The highest BCUT2D eigenvalue weighted by molar-refractivity contribution is 7.80. The van der Waals surface area contributed by atoms with E-state index in [0.29, 0.717) is 18.1 Å². The third-order valence-corrected chi connectivity index (χ3v) is 1.94. The van der Waals surface area contributed by atoms with Gasteiger partial charge < -0.3 is 9.84 Å². The van der Waals surface area contributed by atoms with Crippen molar-refractivity contribution in [2.24, 2.45) is 0 Å². The predicted octanol–water partition coefficient (Wildman–Crippen LogP) is 2.73. The maximum Gasteiger partial charge on any atom is 0.165 e. The Kier molecular flexibility index (Phi) is 4.40. The summed E-state index contributed by atoms with van der Waals surface area (Å²) in [5.41, 5.74) is 0.755. The molecule has 0 aromatic heterocycles. The van der Waals surface area contributed by atoms with Gasteiger partial charge in [-0.2, -0.15) is 12.6 Å². The van der Waals surface area contributed by atoms with Crippen LogP contribution >= 0.6 is 12.6 Å². The number of rotatable bonds is 4. The van der Waals surface area contributed by atoms with Crippen LogP contribution in [0.25, 0.3) is 6.08 Å². The number of hydrogen-bond acceptors (Lipinski definition) is 3. The van der Waals surface area contributed by atoms with Gasteiger partial charge in [-0.05, 0) is 13.0 Å². The first-order valence-corrected chi connectivity index (χ1v) is 5.15. The molecule has 14 heavy (non-hydrogen) atoms. The molecule has 0 atom stereocenters. The maximum absolute atomic E-state index is 9.75. The zero-order chi connectivity index (χ0) is 10.4. The van der Waals surface area contributed by atoms with Crippen molar-refractivity contribution in [2.75, 3.05) is 12.4 Å². The number of hydrogen-bond donors (Lipinski definition) is 2. The maximum atomic E-state index is 9.75. The topological polar surface area (TPSA) is 29.5 Å². The van der Waals surface area contributed by atoms with Gasteiger partial charge in [-0.25, -0.2) is 0 Å².